The summed E-state index contributed by atoms with van der Waals surface area (Å²) in [5, 5.41) is 3.81. The van der Waals surface area contributed by atoms with Gasteiger partial charge in [0.25, 0.3) is 0 Å². The zero-order chi connectivity index (χ0) is 13.1. The van der Waals surface area contributed by atoms with E-state index in [1.54, 1.807) is 11.3 Å². The maximum absolute atomic E-state index is 4.23. The van der Waals surface area contributed by atoms with Crippen LogP contribution >= 0.6 is 11.3 Å². The zero-order valence-corrected chi connectivity index (χ0v) is 12.7. The van der Waals surface area contributed by atoms with Crippen molar-refractivity contribution in [3.63, 3.8) is 0 Å². The van der Waals surface area contributed by atoms with Crippen molar-refractivity contribution in [2.24, 2.45) is 0 Å². The van der Waals surface area contributed by atoms with Crippen LogP contribution in [0.25, 0.3) is 0 Å². The normalized spacial score (nSPS) is 27.1. The lowest BCUT2D eigenvalue weighted by molar-refractivity contribution is 0.0346. The smallest absolute Gasteiger partial charge is 0.0794 e. The van der Waals surface area contributed by atoms with Gasteiger partial charge >= 0.3 is 0 Å². The standard InChI is InChI=1S/C15H25N3S/c1-2-5-13-9-18(10-14-8-16-12-19-14)15(11-17-13)6-3-4-7-15/h8,12-13,17H,2-7,9-11H2,1H3. The van der Waals surface area contributed by atoms with E-state index < -0.39 is 0 Å². The van der Waals surface area contributed by atoms with Gasteiger partial charge in [-0.15, -0.1) is 11.3 Å². The summed E-state index contributed by atoms with van der Waals surface area (Å²) in [6, 6.07) is 0.684. The fraction of sp³-hybridized carbons (Fsp3) is 0.800. The van der Waals surface area contributed by atoms with Crippen LogP contribution in [-0.2, 0) is 6.54 Å². The van der Waals surface area contributed by atoms with Gasteiger partial charge in [-0.2, -0.15) is 0 Å². The molecule has 106 valence electrons. The number of thiazole rings is 1. The van der Waals surface area contributed by atoms with Crippen LogP contribution in [0, 0.1) is 0 Å². The molecule has 1 aromatic rings. The Bertz CT molecular complexity index is 384. The first-order valence-corrected chi connectivity index (χ1v) is 8.56. The minimum Gasteiger partial charge on any atom is -0.311 e. The van der Waals surface area contributed by atoms with Crippen molar-refractivity contribution in [2.75, 3.05) is 13.1 Å². The molecule has 1 saturated carbocycles. The highest BCUT2D eigenvalue weighted by Gasteiger charge is 2.43. The quantitative estimate of drug-likeness (QED) is 0.918. The average Bonchev–Trinajstić information content (AvgIpc) is 3.06. The summed E-state index contributed by atoms with van der Waals surface area (Å²) >= 11 is 1.80. The van der Waals surface area contributed by atoms with Gasteiger partial charge in [0, 0.05) is 42.3 Å². The predicted molar refractivity (Wildman–Crippen MR) is 80.4 cm³/mol. The van der Waals surface area contributed by atoms with Gasteiger partial charge in [-0.25, -0.2) is 0 Å². The molecule has 3 rings (SSSR count). The molecular formula is C15H25N3S. The number of nitrogens with one attached hydrogen (secondary N) is 1. The molecule has 1 aliphatic carbocycles. The van der Waals surface area contributed by atoms with Gasteiger partial charge in [-0.05, 0) is 19.3 Å². The van der Waals surface area contributed by atoms with Gasteiger partial charge in [-0.3, -0.25) is 9.88 Å². The molecule has 2 heterocycles. The highest BCUT2D eigenvalue weighted by molar-refractivity contribution is 7.09. The molecule has 0 amide bonds. The third-order valence-electron chi connectivity index (χ3n) is 4.83. The van der Waals surface area contributed by atoms with E-state index in [9.17, 15) is 0 Å². The van der Waals surface area contributed by atoms with E-state index >= 15 is 0 Å². The molecule has 2 aliphatic rings. The van der Waals surface area contributed by atoms with Crippen LogP contribution < -0.4 is 5.32 Å². The molecule has 2 fully saturated rings. The van der Waals surface area contributed by atoms with Crippen molar-refractivity contribution in [1.82, 2.24) is 15.2 Å². The maximum Gasteiger partial charge on any atom is 0.0794 e. The Kier molecular flexibility index (Phi) is 4.20. The van der Waals surface area contributed by atoms with Gasteiger partial charge < -0.3 is 5.32 Å². The lowest BCUT2D eigenvalue weighted by Crippen LogP contribution is -2.63. The van der Waals surface area contributed by atoms with E-state index in [1.165, 1.54) is 56.5 Å². The monoisotopic (exact) mass is 279 g/mol. The molecule has 1 aliphatic heterocycles. The minimum atomic E-state index is 0.439. The molecule has 1 spiro atoms. The lowest BCUT2D eigenvalue weighted by Gasteiger charge is -2.48. The fourth-order valence-corrected chi connectivity index (χ4v) is 4.39. The Morgan fingerprint density at radius 3 is 3.00 bits per heavy atom. The first kappa shape index (κ1) is 13.5. The van der Waals surface area contributed by atoms with Crippen LogP contribution in [0.1, 0.15) is 50.3 Å². The first-order valence-electron chi connectivity index (χ1n) is 7.68. The Labute approximate surface area is 120 Å². The molecule has 0 aromatic carbocycles. The Hall–Kier alpha value is -0.450. The molecule has 1 aromatic heterocycles. The Morgan fingerprint density at radius 1 is 1.47 bits per heavy atom. The van der Waals surface area contributed by atoms with E-state index in [4.69, 9.17) is 0 Å². The van der Waals surface area contributed by atoms with Gasteiger partial charge in [-0.1, -0.05) is 26.2 Å². The number of aromatic nitrogens is 1. The lowest BCUT2D eigenvalue weighted by atomic mass is 9.90. The van der Waals surface area contributed by atoms with Gasteiger partial charge in [0.15, 0.2) is 0 Å². The molecule has 3 nitrogen and oxygen atoms in total. The van der Waals surface area contributed by atoms with E-state index in [2.05, 4.69) is 22.1 Å². The first-order chi connectivity index (χ1) is 9.32. The molecule has 4 heteroatoms. The van der Waals surface area contributed by atoms with E-state index in [0.717, 1.165) is 6.54 Å². The van der Waals surface area contributed by atoms with Crippen molar-refractivity contribution in [1.29, 1.82) is 0 Å². The predicted octanol–water partition coefficient (Wildman–Crippen LogP) is 3.03. The molecular weight excluding hydrogens is 254 g/mol. The summed E-state index contributed by atoms with van der Waals surface area (Å²) in [6.07, 6.45) is 10.2. The molecule has 1 N–H and O–H groups in total. The second kappa shape index (κ2) is 5.90. The number of hydrogen-bond donors (Lipinski definition) is 1. The fourth-order valence-electron chi connectivity index (χ4n) is 3.78. The summed E-state index contributed by atoms with van der Waals surface area (Å²) in [6.45, 7) is 5.80. The van der Waals surface area contributed by atoms with Crippen molar-refractivity contribution >= 4 is 11.3 Å². The van der Waals surface area contributed by atoms with Crippen LogP contribution in [0.15, 0.2) is 11.7 Å². The minimum absolute atomic E-state index is 0.439. The number of rotatable bonds is 4. The second-order valence-electron chi connectivity index (χ2n) is 6.15. The third-order valence-corrected chi connectivity index (χ3v) is 5.60. The summed E-state index contributed by atoms with van der Waals surface area (Å²) in [5.41, 5.74) is 2.40. The molecule has 1 unspecified atom stereocenters. The van der Waals surface area contributed by atoms with Crippen molar-refractivity contribution in [2.45, 2.75) is 63.6 Å². The maximum atomic E-state index is 4.23. The Balaban J connectivity index is 1.73. The van der Waals surface area contributed by atoms with Crippen LogP contribution in [0.3, 0.4) is 0 Å². The Morgan fingerprint density at radius 2 is 2.32 bits per heavy atom. The summed E-state index contributed by atoms with van der Waals surface area (Å²) in [4.78, 5) is 8.42. The SMILES string of the molecule is CCCC1CN(Cc2cncs2)C2(CCCC2)CN1. The van der Waals surface area contributed by atoms with Crippen LogP contribution in [0.5, 0.6) is 0 Å². The van der Waals surface area contributed by atoms with Crippen molar-refractivity contribution in [3.8, 4) is 0 Å². The summed E-state index contributed by atoms with van der Waals surface area (Å²) < 4.78 is 0. The van der Waals surface area contributed by atoms with Gasteiger partial charge in [0.05, 0.1) is 5.51 Å². The molecule has 1 atom stereocenters. The van der Waals surface area contributed by atoms with E-state index in [-0.39, 0.29) is 0 Å². The van der Waals surface area contributed by atoms with Gasteiger partial charge in [0.1, 0.15) is 0 Å². The largest absolute Gasteiger partial charge is 0.311 e. The average molecular weight is 279 g/mol. The molecule has 1 saturated heterocycles. The highest BCUT2D eigenvalue weighted by atomic mass is 32.1. The number of piperazine rings is 1. The summed E-state index contributed by atoms with van der Waals surface area (Å²) in [7, 11) is 0. The van der Waals surface area contributed by atoms with Crippen LogP contribution in [0.4, 0.5) is 0 Å². The van der Waals surface area contributed by atoms with Crippen LogP contribution in [-0.4, -0.2) is 34.6 Å². The summed E-state index contributed by atoms with van der Waals surface area (Å²) in [5.74, 6) is 0. The van der Waals surface area contributed by atoms with E-state index in [0.29, 0.717) is 11.6 Å². The zero-order valence-electron chi connectivity index (χ0n) is 11.9. The third kappa shape index (κ3) is 2.86. The number of hydrogen-bond acceptors (Lipinski definition) is 4. The topological polar surface area (TPSA) is 28.2 Å². The van der Waals surface area contributed by atoms with E-state index in [1.807, 2.05) is 11.7 Å². The van der Waals surface area contributed by atoms with Crippen molar-refractivity contribution < 1.29 is 0 Å². The molecule has 0 bridgehead atoms. The second-order valence-corrected chi connectivity index (χ2v) is 7.12. The van der Waals surface area contributed by atoms with Gasteiger partial charge in [0.2, 0.25) is 0 Å². The molecule has 0 radical (unpaired) electrons. The number of nitrogens with zero attached hydrogens (tertiary/aromatic N) is 2. The van der Waals surface area contributed by atoms with Crippen LogP contribution in [0.2, 0.25) is 0 Å². The van der Waals surface area contributed by atoms with Crippen molar-refractivity contribution in [3.05, 3.63) is 16.6 Å². The highest BCUT2D eigenvalue weighted by Crippen LogP contribution is 2.38. The molecule has 19 heavy (non-hydrogen) atoms.